The Labute approximate surface area is 202 Å². The van der Waals surface area contributed by atoms with Crippen LogP contribution in [-0.4, -0.2) is 68.0 Å². The first kappa shape index (κ1) is 22.5. The molecule has 4 aromatic heterocycles. The first-order valence-corrected chi connectivity index (χ1v) is 11.3. The van der Waals surface area contributed by atoms with Crippen molar-refractivity contribution in [2.45, 2.75) is 6.54 Å². The second kappa shape index (κ2) is 9.89. The zero-order chi connectivity index (χ0) is 24.2. The van der Waals surface area contributed by atoms with Crippen LogP contribution in [0.15, 0.2) is 61.8 Å². The van der Waals surface area contributed by atoms with E-state index in [1.807, 2.05) is 35.4 Å². The molecule has 35 heavy (non-hydrogen) atoms. The Morgan fingerprint density at radius 1 is 1.11 bits per heavy atom. The molecule has 0 unspecified atom stereocenters. The van der Waals surface area contributed by atoms with Gasteiger partial charge in [-0.3, -0.25) is 14.4 Å². The molecule has 176 valence electrons. The minimum Gasteiger partial charge on any atom is -0.379 e. The summed E-state index contributed by atoms with van der Waals surface area (Å²) in [5.74, 6) is 0.0872. The number of rotatable bonds is 7. The van der Waals surface area contributed by atoms with Crippen LogP contribution >= 0.6 is 0 Å². The molecule has 0 saturated carbocycles. The number of ether oxygens (including phenoxy) is 1. The topological polar surface area (TPSA) is 113 Å². The van der Waals surface area contributed by atoms with E-state index >= 15 is 0 Å². The van der Waals surface area contributed by atoms with E-state index in [4.69, 9.17) is 4.74 Å². The summed E-state index contributed by atoms with van der Waals surface area (Å²) < 4.78 is 9.07. The molecule has 0 aromatic carbocycles. The summed E-state index contributed by atoms with van der Waals surface area (Å²) in [7, 11) is 0. The maximum absolute atomic E-state index is 11.6. The van der Waals surface area contributed by atoms with Crippen molar-refractivity contribution in [3.8, 4) is 28.3 Å². The predicted octanol–water partition coefficient (Wildman–Crippen LogP) is 2.59. The molecular weight excluding hydrogens is 444 g/mol. The smallest absolute Gasteiger partial charge is 0.248 e. The second-order valence-corrected chi connectivity index (χ2v) is 8.18. The number of amides is 1. The average molecular weight is 469 g/mol. The van der Waals surface area contributed by atoms with E-state index in [-0.39, 0.29) is 5.91 Å². The number of hydrogen-bond acceptors (Lipinski definition) is 7. The molecule has 0 radical (unpaired) electrons. The fourth-order valence-corrected chi connectivity index (χ4v) is 4.09. The second-order valence-electron chi connectivity index (χ2n) is 8.18. The van der Waals surface area contributed by atoms with Gasteiger partial charge in [0.05, 0.1) is 43.2 Å². The Morgan fingerprint density at radius 2 is 1.97 bits per heavy atom. The molecule has 10 nitrogen and oxygen atoms in total. The van der Waals surface area contributed by atoms with Gasteiger partial charge in [0.1, 0.15) is 11.9 Å². The molecule has 5 heterocycles. The molecule has 10 heteroatoms. The highest BCUT2D eigenvalue weighted by Gasteiger charge is 2.16. The highest BCUT2D eigenvalue weighted by Crippen LogP contribution is 2.32. The van der Waals surface area contributed by atoms with Gasteiger partial charge in [0.15, 0.2) is 0 Å². The summed E-state index contributed by atoms with van der Waals surface area (Å²) in [6, 6.07) is 7.79. The van der Waals surface area contributed by atoms with Crippen molar-refractivity contribution in [3.05, 3.63) is 67.4 Å². The van der Waals surface area contributed by atoms with Crippen molar-refractivity contribution in [2.75, 3.05) is 38.2 Å². The molecule has 1 N–H and O–H groups in total. The number of hydrogen-bond donors (Lipinski definition) is 1. The number of nitriles is 1. The highest BCUT2D eigenvalue weighted by molar-refractivity contribution is 5.98. The van der Waals surface area contributed by atoms with Crippen molar-refractivity contribution in [2.24, 2.45) is 0 Å². The first-order valence-electron chi connectivity index (χ1n) is 11.3. The van der Waals surface area contributed by atoms with Crippen molar-refractivity contribution in [3.63, 3.8) is 0 Å². The zero-order valence-electron chi connectivity index (χ0n) is 19.1. The molecule has 4 aromatic rings. The quantitative estimate of drug-likeness (QED) is 0.415. The van der Waals surface area contributed by atoms with Crippen LogP contribution in [0.5, 0.6) is 0 Å². The molecule has 1 aliphatic heterocycles. The van der Waals surface area contributed by atoms with E-state index in [1.54, 1.807) is 23.0 Å². The molecule has 0 spiro atoms. The summed E-state index contributed by atoms with van der Waals surface area (Å²) in [6.07, 6.45) is 10.2. The lowest BCUT2D eigenvalue weighted by atomic mass is 10.0. The van der Waals surface area contributed by atoms with Gasteiger partial charge < -0.3 is 10.1 Å². The van der Waals surface area contributed by atoms with Crippen LogP contribution in [0.2, 0.25) is 0 Å². The highest BCUT2D eigenvalue weighted by atomic mass is 16.5. The zero-order valence-corrected chi connectivity index (χ0v) is 19.1. The molecule has 1 aliphatic rings. The van der Waals surface area contributed by atoms with Gasteiger partial charge in [-0.05, 0) is 24.3 Å². The van der Waals surface area contributed by atoms with Crippen LogP contribution in [0, 0.1) is 11.3 Å². The van der Waals surface area contributed by atoms with Gasteiger partial charge in [-0.2, -0.15) is 15.5 Å². The Hall–Kier alpha value is -4.33. The maximum atomic E-state index is 11.6. The molecule has 0 aliphatic carbocycles. The van der Waals surface area contributed by atoms with Crippen molar-refractivity contribution < 1.29 is 9.53 Å². The third kappa shape index (κ3) is 4.82. The molecule has 0 atom stereocenters. The van der Waals surface area contributed by atoms with E-state index in [1.165, 1.54) is 6.08 Å². The Bertz CT molecular complexity index is 1410. The lowest BCUT2D eigenvalue weighted by molar-refractivity contribution is -0.111. The molecule has 0 bridgehead atoms. The fourth-order valence-electron chi connectivity index (χ4n) is 4.09. The molecule has 5 rings (SSSR count). The minimum absolute atomic E-state index is 0.331. The normalized spacial score (nSPS) is 14.0. The molecule has 1 amide bonds. The molecular formula is C25H24N8O2. The minimum atomic E-state index is -0.331. The lowest BCUT2D eigenvalue weighted by Gasteiger charge is -2.26. The van der Waals surface area contributed by atoms with Gasteiger partial charge in [0.25, 0.3) is 0 Å². The van der Waals surface area contributed by atoms with Crippen LogP contribution in [0.3, 0.4) is 0 Å². The average Bonchev–Trinajstić information content (AvgIpc) is 3.55. The molecule has 1 saturated heterocycles. The van der Waals surface area contributed by atoms with Crippen LogP contribution < -0.4 is 5.32 Å². The summed E-state index contributed by atoms with van der Waals surface area (Å²) in [4.78, 5) is 18.3. The van der Waals surface area contributed by atoms with Gasteiger partial charge in [-0.25, -0.2) is 9.50 Å². The summed E-state index contributed by atoms with van der Waals surface area (Å²) >= 11 is 0. The number of fused-ring (bicyclic) bond motifs is 1. The van der Waals surface area contributed by atoms with Gasteiger partial charge >= 0.3 is 0 Å². The summed E-state index contributed by atoms with van der Waals surface area (Å²) in [5.41, 5.74) is 4.64. The van der Waals surface area contributed by atoms with Crippen LogP contribution in [-0.2, 0) is 16.1 Å². The van der Waals surface area contributed by atoms with E-state index in [0.29, 0.717) is 16.9 Å². The number of carbonyl (C=O) groups is 1. The monoisotopic (exact) mass is 468 g/mol. The maximum Gasteiger partial charge on any atom is 0.248 e. The Kier molecular flexibility index (Phi) is 6.34. The Balaban J connectivity index is 1.46. The predicted molar refractivity (Wildman–Crippen MR) is 130 cm³/mol. The summed E-state index contributed by atoms with van der Waals surface area (Å²) in [6.45, 7) is 8.59. The fraction of sp³-hybridized carbons (Fsp3) is 0.240. The van der Waals surface area contributed by atoms with Crippen molar-refractivity contribution >= 4 is 17.2 Å². The van der Waals surface area contributed by atoms with E-state index < -0.39 is 0 Å². The van der Waals surface area contributed by atoms with Crippen LogP contribution in [0.25, 0.3) is 27.8 Å². The number of carbonyl (C=O) groups excluding carboxylic acids is 1. The van der Waals surface area contributed by atoms with Crippen LogP contribution in [0.1, 0.15) is 5.56 Å². The third-order valence-corrected chi connectivity index (χ3v) is 5.96. The number of nitrogens with one attached hydrogen (secondary N) is 1. The number of nitrogens with zero attached hydrogens (tertiary/aromatic N) is 7. The summed E-state index contributed by atoms with van der Waals surface area (Å²) in [5, 5.41) is 21.2. The van der Waals surface area contributed by atoms with E-state index in [9.17, 15) is 10.1 Å². The number of anilines is 1. The SMILES string of the molecule is C=CC(=O)Nc1ccc(-c2cc(-c3cnn(CCN4CCOCC4)c3)cn3ncc(C#N)c23)cn1. The van der Waals surface area contributed by atoms with Gasteiger partial charge in [-0.15, -0.1) is 0 Å². The number of aromatic nitrogens is 5. The van der Waals surface area contributed by atoms with E-state index in [2.05, 4.69) is 38.0 Å². The first-order chi connectivity index (χ1) is 17.1. The van der Waals surface area contributed by atoms with Gasteiger partial charge in [0, 0.05) is 60.5 Å². The standard InChI is InChI=1S/C25H24N8O2/c1-2-24(34)30-23-4-3-18(13-27-23)22-11-19(17-33-25(22)20(12-26)14-29-33)21-15-28-32(16-21)6-5-31-7-9-35-10-8-31/h2-4,11,13-17H,1,5-10H2,(H,27,30,34). The van der Waals surface area contributed by atoms with Gasteiger partial charge in [0.2, 0.25) is 5.91 Å². The van der Waals surface area contributed by atoms with Crippen molar-refractivity contribution in [1.82, 2.24) is 29.3 Å². The van der Waals surface area contributed by atoms with Crippen molar-refractivity contribution in [1.29, 1.82) is 5.26 Å². The lowest BCUT2D eigenvalue weighted by Crippen LogP contribution is -2.38. The Morgan fingerprint density at radius 3 is 2.71 bits per heavy atom. The van der Waals surface area contributed by atoms with Gasteiger partial charge in [-0.1, -0.05) is 6.58 Å². The molecule has 1 fully saturated rings. The van der Waals surface area contributed by atoms with Crippen LogP contribution in [0.4, 0.5) is 5.82 Å². The van der Waals surface area contributed by atoms with E-state index in [0.717, 1.165) is 61.6 Å². The largest absolute Gasteiger partial charge is 0.379 e. The third-order valence-electron chi connectivity index (χ3n) is 5.96. The number of pyridine rings is 2. The number of morpholine rings is 1.